The number of halogens is 2. The molecule has 0 radical (unpaired) electrons. The van der Waals surface area contributed by atoms with Gasteiger partial charge >= 0.3 is 5.97 Å². The maximum Gasteiger partial charge on any atom is 0.331 e. The van der Waals surface area contributed by atoms with E-state index in [-0.39, 0.29) is 31.8 Å². The summed E-state index contributed by atoms with van der Waals surface area (Å²) in [5.41, 5.74) is -1.01. The first kappa shape index (κ1) is 21.6. The van der Waals surface area contributed by atoms with Gasteiger partial charge in [0.2, 0.25) is 15.9 Å². The summed E-state index contributed by atoms with van der Waals surface area (Å²) in [5, 5.41) is 2.82. The fourth-order valence-corrected chi connectivity index (χ4v) is 5.61. The zero-order valence-corrected chi connectivity index (χ0v) is 16.9. The number of nitrogens with zero attached hydrogens (tertiary/aromatic N) is 1. The average Bonchev–Trinajstić information content (AvgIpc) is 3.18. The van der Waals surface area contributed by atoms with Crippen LogP contribution in [0.5, 0.6) is 0 Å². The maximum atomic E-state index is 13.9. The van der Waals surface area contributed by atoms with Gasteiger partial charge < -0.3 is 10.1 Å². The molecule has 1 aliphatic heterocycles. The van der Waals surface area contributed by atoms with Crippen LogP contribution in [0.4, 0.5) is 8.78 Å². The molecule has 1 heterocycles. The fourth-order valence-electron chi connectivity index (χ4n) is 4.06. The summed E-state index contributed by atoms with van der Waals surface area (Å²) in [4.78, 5) is 24.2. The topological polar surface area (TPSA) is 92.8 Å². The van der Waals surface area contributed by atoms with E-state index < -0.39 is 44.0 Å². The molecule has 1 amide bonds. The highest BCUT2D eigenvalue weighted by Crippen LogP contribution is 2.32. The Morgan fingerprint density at radius 1 is 1.17 bits per heavy atom. The molecular formula is C19H24F2N2O5S. The first-order valence-corrected chi connectivity index (χ1v) is 11.0. The second-order valence-electron chi connectivity index (χ2n) is 7.52. The van der Waals surface area contributed by atoms with Crippen molar-refractivity contribution in [3.8, 4) is 0 Å². The summed E-state index contributed by atoms with van der Waals surface area (Å²) in [6.45, 7) is 0.00317. The minimum absolute atomic E-state index is 0.00158. The Bertz CT molecular complexity index is 892. The second-order valence-corrected chi connectivity index (χ2v) is 9.43. The van der Waals surface area contributed by atoms with Crippen molar-refractivity contribution < 1.29 is 31.5 Å². The van der Waals surface area contributed by atoms with Gasteiger partial charge in [-0.25, -0.2) is 22.0 Å². The number of carbonyl (C=O) groups is 2. The number of sulfonamides is 1. The highest BCUT2D eigenvalue weighted by atomic mass is 32.2. The maximum absolute atomic E-state index is 13.9. The van der Waals surface area contributed by atoms with Crippen molar-refractivity contribution in [1.82, 2.24) is 9.62 Å². The summed E-state index contributed by atoms with van der Waals surface area (Å²) >= 11 is 0. The van der Waals surface area contributed by atoms with E-state index in [1.54, 1.807) is 0 Å². The zero-order valence-electron chi connectivity index (χ0n) is 16.1. The van der Waals surface area contributed by atoms with E-state index in [9.17, 15) is 26.8 Å². The Morgan fingerprint density at radius 2 is 1.79 bits per heavy atom. The zero-order chi connectivity index (χ0) is 21.2. The van der Waals surface area contributed by atoms with Crippen LogP contribution in [0.25, 0.3) is 0 Å². The number of carbonyl (C=O) groups excluding carboxylic acids is 2. The Balaban J connectivity index is 1.66. The third-order valence-electron chi connectivity index (χ3n) is 5.73. The van der Waals surface area contributed by atoms with Crippen LogP contribution < -0.4 is 5.32 Å². The predicted molar refractivity (Wildman–Crippen MR) is 99.2 cm³/mol. The number of nitrogens with one attached hydrogen (secondary N) is 1. The van der Waals surface area contributed by atoms with Gasteiger partial charge in [0.15, 0.2) is 0 Å². The number of amides is 1. The standard InChI is InChI=1S/C19H24F2N2O5S/c1-28-18(25)19(8-2-3-9-19)22-17(24)13-6-10-23(11-7-13)29(26,27)16-12-14(20)4-5-15(16)21/h4-5,12-13H,2-3,6-11H2,1H3,(H,22,24). The molecule has 3 rings (SSSR count). The molecule has 0 bridgehead atoms. The van der Waals surface area contributed by atoms with Gasteiger partial charge in [0.25, 0.3) is 0 Å². The molecule has 10 heteroatoms. The molecule has 1 N–H and O–H groups in total. The van der Waals surface area contributed by atoms with Gasteiger partial charge in [0, 0.05) is 19.0 Å². The summed E-state index contributed by atoms with van der Waals surface area (Å²) in [7, 11) is -2.92. The van der Waals surface area contributed by atoms with Crippen molar-refractivity contribution in [2.24, 2.45) is 5.92 Å². The molecule has 0 spiro atoms. The van der Waals surface area contributed by atoms with Crippen LogP contribution in [0, 0.1) is 17.6 Å². The van der Waals surface area contributed by atoms with Crippen molar-refractivity contribution in [2.45, 2.75) is 49.0 Å². The molecule has 0 aromatic heterocycles. The number of piperidine rings is 1. The summed E-state index contributed by atoms with van der Waals surface area (Å²) in [5.74, 6) is -3.12. The molecule has 7 nitrogen and oxygen atoms in total. The Labute approximate surface area is 168 Å². The van der Waals surface area contributed by atoms with Crippen molar-refractivity contribution in [2.75, 3.05) is 20.2 Å². The molecule has 1 saturated heterocycles. The Hall–Kier alpha value is -2.07. The van der Waals surface area contributed by atoms with E-state index in [0.717, 1.165) is 29.3 Å². The number of ether oxygens (including phenoxy) is 1. The van der Waals surface area contributed by atoms with Crippen LogP contribution in [0.3, 0.4) is 0 Å². The van der Waals surface area contributed by atoms with Gasteiger partial charge in [-0.15, -0.1) is 0 Å². The smallest absolute Gasteiger partial charge is 0.331 e. The van der Waals surface area contributed by atoms with E-state index in [4.69, 9.17) is 4.74 Å². The van der Waals surface area contributed by atoms with Crippen LogP contribution in [0.1, 0.15) is 38.5 Å². The molecule has 2 aliphatic rings. The summed E-state index contributed by atoms with van der Waals surface area (Å²) in [6.07, 6.45) is 3.09. The van der Waals surface area contributed by atoms with Gasteiger partial charge in [-0.3, -0.25) is 4.79 Å². The fraction of sp³-hybridized carbons (Fsp3) is 0.579. The first-order valence-electron chi connectivity index (χ1n) is 9.55. The van der Waals surface area contributed by atoms with Crippen molar-refractivity contribution in [3.63, 3.8) is 0 Å². The van der Waals surface area contributed by atoms with Crippen LogP contribution in [0.2, 0.25) is 0 Å². The monoisotopic (exact) mass is 430 g/mol. The van der Waals surface area contributed by atoms with E-state index in [1.807, 2.05) is 0 Å². The van der Waals surface area contributed by atoms with Gasteiger partial charge in [-0.2, -0.15) is 4.31 Å². The predicted octanol–water partition coefficient (Wildman–Crippen LogP) is 1.97. The van der Waals surface area contributed by atoms with E-state index in [2.05, 4.69) is 5.32 Å². The molecule has 1 aromatic rings. The molecule has 160 valence electrons. The number of rotatable bonds is 5. The van der Waals surface area contributed by atoms with Crippen molar-refractivity contribution in [1.29, 1.82) is 0 Å². The van der Waals surface area contributed by atoms with Crippen LogP contribution in [-0.4, -0.2) is 50.3 Å². The highest BCUT2D eigenvalue weighted by molar-refractivity contribution is 7.89. The largest absolute Gasteiger partial charge is 0.467 e. The Kier molecular flexibility index (Phi) is 6.23. The van der Waals surface area contributed by atoms with Crippen LogP contribution in [0.15, 0.2) is 23.1 Å². The lowest BCUT2D eigenvalue weighted by atomic mass is 9.92. The molecule has 0 unspecified atom stereocenters. The number of methoxy groups -OCH3 is 1. The number of hydrogen-bond acceptors (Lipinski definition) is 5. The molecule has 1 aromatic carbocycles. The molecule has 29 heavy (non-hydrogen) atoms. The molecule has 2 fully saturated rings. The lowest BCUT2D eigenvalue weighted by Crippen LogP contribution is -2.55. The normalized spacial score (nSPS) is 20.4. The Morgan fingerprint density at radius 3 is 2.38 bits per heavy atom. The first-order chi connectivity index (χ1) is 13.7. The minimum atomic E-state index is -4.20. The molecular weight excluding hydrogens is 406 g/mol. The van der Waals surface area contributed by atoms with Crippen LogP contribution in [-0.2, 0) is 24.3 Å². The van der Waals surface area contributed by atoms with Gasteiger partial charge in [-0.05, 0) is 43.9 Å². The second kappa shape index (κ2) is 8.35. The minimum Gasteiger partial charge on any atom is -0.467 e. The quantitative estimate of drug-likeness (QED) is 0.721. The summed E-state index contributed by atoms with van der Waals surface area (Å²) < 4.78 is 58.5. The van der Waals surface area contributed by atoms with Crippen molar-refractivity contribution >= 4 is 21.9 Å². The highest BCUT2D eigenvalue weighted by Gasteiger charge is 2.45. The third kappa shape index (κ3) is 4.28. The lowest BCUT2D eigenvalue weighted by Gasteiger charge is -2.33. The SMILES string of the molecule is COC(=O)C1(NC(=O)C2CCN(S(=O)(=O)c3cc(F)ccc3F)CC2)CCCC1. The van der Waals surface area contributed by atoms with Gasteiger partial charge in [0.1, 0.15) is 22.1 Å². The number of esters is 1. The number of benzene rings is 1. The van der Waals surface area contributed by atoms with Gasteiger partial charge in [-0.1, -0.05) is 12.8 Å². The average molecular weight is 430 g/mol. The third-order valence-corrected chi connectivity index (χ3v) is 7.65. The van der Waals surface area contributed by atoms with Crippen LogP contribution >= 0.6 is 0 Å². The molecule has 0 atom stereocenters. The number of hydrogen-bond donors (Lipinski definition) is 1. The van der Waals surface area contributed by atoms with Gasteiger partial charge in [0.05, 0.1) is 7.11 Å². The van der Waals surface area contributed by atoms with E-state index in [0.29, 0.717) is 18.9 Å². The molecule has 1 aliphatic carbocycles. The van der Waals surface area contributed by atoms with E-state index in [1.165, 1.54) is 7.11 Å². The van der Waals surface area contributed by atoms with Crippen molar-refractivity contribution in [3.05, 3.63) is 29.8 Å². The van der Waals surface area contributed by atoms with E-state index >= 15 is 0 Å². The lowest BCUT2D eigenvalue weighted by molar-refractivity contribution is -0.151. The molecule has 1 saturated carbocycles. The summed E-state index contributed by atoms with van der Waals surface area (Å²) in [6, 6.07) is 2.28.